The molecule has 5 N–H and O–H groups in total. The van der Waals surface area contributed by atoms with Crippen LogP contribution in [0.15, 0.2) is 100 Å². The molecule has 10 nitrogen and oxygen atoms in total. The number of nitrogens with one attached hydrogen (secondary N) is 3. The van der Waals surface area contributed by atoms with Crippen LogP contribution < -0.4 is 16.2 Å². The molecule has 53 heavy (non-hydrogen) atoms. The topological polar surface area (TPSA) is 150 Å². The number of unbranched alkanes of at least 4 members (excludes halogenated alkanes) is 1. The average molecular weight is 733 g/mol. The number of aromatic hydroxyl groups is 1. The number of benzene rings is 4. The number of carbonyl (C=O) groups is 1. The quantitative estimate of drug-likeness (QED) is 0.0549. The van der Waals surface area contributed by atoms with Gasteiger partial charge < -0.3 is 29.4 Å². The number of aromatic nitrogens is 2. The molecule has 0 aliphatic carbocycles. The minimum Gasteiger partial charge on any atom is -0.506 e. The minimum atomic E-state index is -2.20. The molecule has 276 valence electrons. The number of nitrogens with zero attached hydrogens (tertiary/aromatic N) is 1. The number of fused-ring (bicyclic) bond motifs is 2. The Morgan fingerprint density at radius 1 is 0.943 bits per heavy atom. The number of anilines is 1. The number of hydrogen-bond donors (Lipinski definition) is 5. The maximum Gasteiger partial charge on any atom is 0.409 e. The highest BCUT2D eigenvalue weighted by molar-refractivity contribution is 6.74. The van der Waals surface area contributed by atoms with E-state index < -0.39 is 14.4 Å². The Morgan fingerprint density at radius 3 is 2.45 bits per heavy atom. The number of aryl methyl sites for hydroxylation is 2. The monoisotopic (exact) mass is 732 g/mol. The lowest BCUT2D eigenvalue weighted by atomic mass is 9.99. The van der Waals surface area contributed by atoms with E-state index in [0.717, 1.165) is 63.6 Å². The van der Waals surface area contributed by atoms with Crippen molar-refractivity contribution >= 4 is 42.1 Å². The number of rotatable bonds is 14. The first kappa shape index (κ1) is 37.5. The number of H-pyrrole nitrogens is 1. The zero-order chi connectivity index (χ0) is 37.8. The molecule has 0 fully saturated rings. The van der Waals surface area contributed by atoms with E-state index in [9.17, 15) is 19.8 Å². The van der Waals surface area contributed by atoms with Crippen molar-refractivity contribution < 1.29 is 23.9 Å². The molecule has 11 heteroatoms. The molecule has 0 aliphatic heterocycles. The second kappa shape index (κ2) is 15.8. The van der Waals surface area contributed by atoms with Crippen LogP contribution in [0.25, 0.3) is 33.1 Å². The van der Waals surface area contributed by atoms with E-state index in [1.165, 1.54) is 6.07 Å². The van der Waals surface area contributed by atoms with E-state index in [1.807, 2.05) is 66.7 Å². The van der Waals surface area contributed by atoms with Gasteiger partial charge in [0.05, 0.1) is 17.3 Å². The van der Waals surface area contributed by atoms with Crippen molar-refractivity contribution in [1.82, 2.24) is 15.3 Å². The van der Waals surface area contributed by atoms with E-state index >= 15 is 0 Å². The Kier molecular flexibility index (Phi) is 11.2. The van der Waals surface area contributed by atoms with Crippen molar-refractivity contribution in [2.24, 2.45) is 0 Å². The molecule has 4 aromatic carbocycles. The predicted octanol–water partition coefficient (Wildman–Crippen LogP) is 9.55. The third-order valence-electron chi connectivity index (χ3n) is 10.2. The Hall–Kier alpha value is -5.23. The van der Waals surface area contributed by atoms with Gasteiger partial charge in [0.2, 0.25) is 5.56 Å². The van der Waals surface area contributed by atoms with Gasteiger partial charge in [-0.25, -0.2) is 9.78 Å². The summed E-state index contributed by atoms with van der Waals surface area (Å²) in [7, 11) is -2.20. The second-order valence-corrected chi connectivity index (χ2v) is 19.8. The number of carboxylic acid groups (broad SMARTS) is 1. The van der Waals surface area contributed by atoms with Crippen LogP contribution in [0, 0.1) is 0 Å². The van der Waals surface area contributed by atoms with Gasteiger partial charge >= 0.3 is 6.09 Å². The third-order valence-corrected chi connectivity index (χ3v) is 14.7. The van der Waals surface area contributed by atoms with Crippen molar-refractivity contribution in [1.29, 1.82) is 0 Å². The summed E-state index contributed by atoms with van der Waals surface area (Å²) in [6, 6.07) is 28.5. The van der Waals surface area contributed by atoms with Crippen molar-refractivity contribution in [3.8, 4) is 16.9 Å². The van der Waals surface area contributed by atoms with Crippen molar-refractivity contribution in [2.75, 3.05) is 11.9 Å². The molecule has 6 aromatic rings. The molecule has 6 rings (SSSR count). The standard InChI is InChI=1S/C42H48N4O6Si/c1-42(2,3)53(4,5)52-37(31-18-20-35(47)40-32(31)19-22-38(48)46-40)26-43-25-28-16-21-36-34(24-28)44-39(51-36)14-10-9-11-27-15-17-30(29-12-7-6-8-13-29)33(23-27)45-41(49)50/h6-8,12-13,15-24,37,43,45,47H,9-11,14,25-26H2,1-5H3,(H,46,48)(H,49,50). The summed E-state index contributed by atoms with van der Waals surface area (Å²) in [5.74, 6) is 0.719. The van der Waals surface area contributed by atoms with Crippen LogP contribution in [-0.2, 0) is 23.8 Å². The van der Waals surface area contributed by atoms with E-state index in [4.69, 9.17) is 13.8 Å². The molecule has 1 amide bonds. The van der Waals surface area contributed by atoms with E-state index in [-0.39, 0.29) is 22.5 Å². The highest BCUT2D eigenvalue weighted by Gasteiger charge is 2.39. The molecule has 0 bridgehead atoms. The first-order valence-electron chi connectivity index (χ1n) is 18.1. The number of hydrogen-bond acceptors (Lipinski definition) is 7. The summed E-state index contributed by atoms with van der Waals surface area (Å²) >= 11 is 0. The van der Waals surface area contributed by atoms with Gasteiger partial charge in [0.25, 0.3) is 0 Å². The highest BCUT2D eigenvalue weighted by atomic mass is 28.4. The van der Waals surface area contributed by atoms with Gasteiger partial charge in [0.15, 0.2) is 19.8 Å². The smallest absolute Gasteiger partial charge is 0.409 e. The van der Waals surface area contributed by atoms with Crippen LogP contribution in [0.5, 0.6) is 5.75 Å². The lowest BCUT2D eigenvalue weighted by Crippen LogP contribution is -2.43. The number of phenols is 1. The Balaban J connectivity index is 1.09. The van der Waals surface area contributed by atoms with Gasteiger partial charge in [-0.3, -0.25) is 10.1 Å². The molecule has 2 heterocycles. The molecule has 0 spiro atoms. The van der Waals surface area contributed by atoms with Crippen LogP contribution in [-0.4, -0.2) is 41.1 Å². The van der Waals surface area contributed by atoms with Crippen LogP contribution in [0.2, 0.25) is 18.1 Å². The summed E-state index contributed by atoms with van der Waals surface area (Å²) in [5, 5.41) is 26.8. The maximum absolute atomic E-state index is 12.1. The molecular weight excluding hydrogens is 685 g/mol. The lowest BCUT2D eigenvalue weighted by molar-refractivity contribution is 0.181. The molecule has 0 saturated heterocycles. The van der Waals surface area contributed by atoms with Crippen LogP contribution in [0.4, 0.5) is 10.5 Å². The fraction of sp³-hybridized carbons (Fsp3) is 0.310. The predicted molar refractivity (Wildman–Crippen MR) is 213 cm³/mol. The van der Waals surface area contributed by atoms with E-state index in [1.54, 1.807) is 12.1 Å². The highest BCUT2D eigenvalue weighted by Crippen LogP contribution is 2.41. The van der Waals surface area contributed by atoms with E-state index in [2.05, 4.69) is 55.5 Å². The lowest BCUT2D eigenvalue weighted by Gasteiger charge is -2.39. The summed E-state index contributed by atoms with van der Waals surface area (Å²) < 4.78 is 13.0. The van der Waals surface area contributed by atoms with Crippen LogP contribution >= 0.6 is 0 Å². The molecule has 1 unspecified atom stereocenters. The average Bonchev–Trinajstić information content (AvgIpc) is 3.52. The fourth-order valence-electron chi connectivity index (χ4n) is 6.31. The molecule has 1 atom stereocenters. The van der Waals surface area contributed by atoms with Gasteiger partial charge in [0, 0.05) is 36.5 Å². The molecule has 0 saturated carbocycles. The summed E-state index contributed by atoms with van der Waals surface area (Å²) in [6.45, 7) is 12.2. The minimum absolute atomic E-state index is 0.0148. The first-order chi connectivity index (χ1) is 25.3. The number of phenolic OH excluding ortho intramolecular Hbond substituents is 1. The van der Waals surface area contributed by atoms with Gasteiger partial charge in [-0.15, -0.1) is 0 Å². The van der Waals surface area contributed by atoms with Gasteiger partial charge in [-0.05, 0) is 90.0 Å². The number of pyridine rings is 1. The molecular formula is C42H48N4O6Si. The number of aromatic amines is 1. The third kappa shape index (κ3) is 9.05. The fourth-order valence-corrected chi connectivity index (χ4v) is 7.59. The number of oxazole rings is 1. The molecule has 2 aromatic heterocycles. The number of amides is 1. The maximum atomic E-state index is 12.1. The van der Waals surface area contributed by atoms with E-state index in [0.29, 0.717) is 36.6 Å². The summed E-state index contributed by atoms with van der Waals surface area (Å²) in [4.78, 5) is 31.1. The zero-order valence-corrected chi connectivity index (χ0v) is 32.0. The Labute approximate surface area is 310 Å². The largest absolute Gasteiger partial charge is 0.506 e. The Bertz CT molecular complexity index is 2280. The zero-order valence-electron chi connectivity index (χ0n) is 31.0. The summed E-state index contributed by atoms with van der Waals surface area (Å²) in [5.41, 5.74) is 7.11. The van der Waals surface area contributed by atoms with Gasteiger partial charge in [-0.2, -0.15) is 0 Å². The Morgan fingerprint density at radius 2 is 1.70 bits per heavy atom. The van der Waals surface area contributed by atoms with Crippen LogP contribution in [0.3, 0.4) is 0 Å². The SMILES string of the molecule is CC(C)(C)[Si](C)(C)OC(CNCc1ccc2oc(CCCCc3ccc(-c4ccccc4)c(NC(=O)O)c3)nc2c1)c1ccc(O)c2[nH]c(=O)ccc12. The normalized spacial score (nSPS) is 12.7. The van der Waals surface area contributed by atoms with Crippen molar-refractivity contribution in [2.45, 2.75) is 77.2 Å². The van der Waals surface area contributed by atoms with Crippen LogP contribution in [0.1, 0.15) is 62.3 Å². The van der Waals surface area contributed by atoms with Crippen molar-refractivity contribution in [3.63, 3.8) is 0 Å². The van der Waals surface area contributed by atoms with Gasteiger partial charge in [-0.1, -0.05) is 75.4 Å². The second-order valence-electron chi connectivity index (χ2n) is 15.1. The molecule has 0 aliphatic rings. The summed E-state index contributed by atoms with van der Waals surface area (Å²) in [6.07, 6.45) is 1.87. The van der Waals surface area contributed by atoms with Gasteiger partial charge in [0.1, 0.15) is 11.3 Å². The van der Waals surface area contributed by atoms with Crippen molar-refractivity contribution in [3.05, 3.63) is 124 Å². The first-order valence-corrected chi connectivity index (χ1v) is 21.0. The molecule has 0 radical (unpaired) electrons.